The second kappa shape index (κ2) is 13.1. The van der Waals surface area contributed by atoms with Gasteiger partial charge in [0.2, 0.25) is 11.8 Å². The highest BCUT2D eigenvalue weighted by molar-refractivity contribution is 9.10. The smallest absolute Gasteiger partial charge is 0.344 e. The summed E-state index contributed by atoms with van der Waals surface area (Å²) in [6, 6.07) is 12.2. The zero-order valence-corrected chi connectivity index (χ0v) is 19.3. The van der Waals surface area contributed by atoms with Crippen molar-refractivity contribution in [2.75, 3.05) is 25.1 Å². The molecule has 9 nitrogen and oxygen atoms in total. The Morgan fingerprint density at radius 2 is 1.78 bits per heavy atom. The lowest BCUT2D eigenvalue weighted by molar-refractivity contribution is -0.145. The van der Waals surface area contributed by atoms with E-state index in [-0.39, 0.29) is 19.6 Å². The number of nitrogens with zero attached hydrogens (tertiary/aromatic N) is 1. The van der Waals surface area contributed by atoms with Gasteiger partial charge in [-0.3, -0.25) is 9.59 Å². The Morgan fingerprint density at radius 1 is 1.03 bits per heavy atom. The van der Waals surface area contributed by atoms with E-state index < -0.39 is 17.8 Å². The quantitative estimate of drug-likeness (QED) is 0.209. The fraction of sp³-hybridized carbons (Fsp3) is 0.273. The number of ether oxygens (including phenoxy) is 3. The van der Waals surface area contributed by atoms with Gasteiger partial charge in [-0.2, -0.15) is 5.10 Å². The number of amides is 2. The Kier molecular flexibility index (Phi) is 10.2. The Balaban J connectivity index is 1.96. The van der Waals surface area contributed by atoms with Gasteiger partial charge < -0.3 is 19.5 Å². The number of para-hydroxylation sites is 1. The number of anilines is 1. The summed E-state index contributed by atoms with van der Waals surface area (Å²) < 4.78 is 16.5. The highest BCUT2D eigenvalue weighted by atomic mass is 79.9. The molecule has 0 fully saturated rings. The van der Waals surface area contributed by atoms with E-state index >= 15 is 0 Å². The molecule has 0 saturated carbocycles. The van der Waals surface area contributed by atoms with Crippen LogP contribution in [0.4, 0.5) is 5.69 Å². The number of halogens is 1. The average molecular weight is 506 g/mol. The van der Waals surface area contributed by atoms with Gasteiger partial charge in [-0.15, -0.1) is 0 Å². The van der Waals surface area contributed by atoms with Gasteiger partial charge in [0, 0.05) is 5.69 Å². The lowest BCUT2D eigenvalue weighted by Crippen LogP contribution is -2.24. The van der Waals surface area contributed by atoms with Crippen molar-refractivity contribution in [3.05, 3.63) is 52.5 Å². The Labute approximate surface area is 194 Å². The summed E-state index contributed by atoms with van der Waals surface area (Å²) in [4.78, 5) is 35.4. The number of nitrogens with one attached hydrogen (secondary N) is 2. The third kappa shape index (κ3) is 8.38. The van der Waals surface area contributed by atoms with Crippen LogP contribution in [0.3, 0.4) is 0 Å². The van der Waals surface area contributed by atoms with Crippen LogP contribution in [-0.4, -0.2) is 43.8 Å². The minimum Gasteiger partial charge on any atom is -0.490 e. The summed E-state index contributed by atoms with van der Waals surface area (Å²) >= 11 is 3.38. The van der Waals surface area contributed by atoms with Gasteiger partial charge >= 0.3 is 5.97 Å². The van der Waals surface area contributed by atoms with Crippen LogP contribution in [0.25, 0.3) is 0 Å². The van der Waals surface area contributed by atoms with Gasteiger partial charge in [-0.1, -0.05) is 18.2 Å². The molecule has 2 amide bonds. The lowest BCUT2D eigenvalue weighted by atomic mass is 10.2. The van der Waals surface area contributed by atoms with Crippen molar-refractivity contribution < 1.29 is 28.6 Å². The van der Waals surface area contributed by atoms with E-state index in [1.165, 1.54) is 6.21 Å². The number of hydrogen-bond acceptors (Lipinski definition) is 7. The molecule has 170 valence electrons. The number of carbonyl (C=O) groups excluding carboxylic acids is 3. The monoisotopic (exact) mass is 505 g/mol. The highest BCUT2D eigenvalue weighted by Gasteiger charge is 2.14. The predicted octanol–water partition coefficient (Wildman–Crippen LogP) is 3.27. The van der Waals surface area contributed by atoms with E-state index in [4.69, 9.17) is 14.2 Å². The van der Waals surface area contributed by atoms with Crippen molar-refractivity contribution in [2.45, 2.75) is 20.3 Å². The summed E-state index contributed by atoms with van der Waals surface area (Å²) in [6.45, 7) is 3.89. The summed E-state index contributed by atoms with van der Waals surface area (Å²) in [5.74, 6) is -0.770. The van der Waals surface area contributed by atoms with Crippen molar-refractivity contribution in [1.29, 1.82) is 0 Å². The van der Waals surface area contributed by atoms with Crippen molar-refractivity contribution in [3.8, 4) is 11.5 Å². The normalized spacial score (nSPS) is 10.5. The standard InChI is InChI=1S/C22H24BrN3O6/c1-3-30-18-11-15(10-17(23)22(18)32-14-21(29)31-4-2)13-24-26-20(28)12-19(27)25-16-8-6-5-7-9-16/h5-11,13H,3-4,12,14H2,1-2H3,(H,25,27)(H,26,28). The van der Waals surface area contributed by atoms with Gasteiger partial charge in [0.1, 0.15) is 6.42 Å². The first kappa shape index (κ1) is 24.9. The maximum Gasteiger partial charge on any atom is 0.344 e. The number of hydrazone groups is 1. The molecule has 2 rings (SSSR count). The number of rotatable bonds is 11. The maximum atomic E-state index is 11.9. The molecular weight excluding hydrogens is 482 g/mol. The largest absolute Gasteiger partial charge is 0.490 e. The third-order valence-corrected chi connectivity index (χ3v) is 4.34. The lowest BCUT2D eigenvalue weighted by Gasteiger charge is -2.14. The summed E-state index contributed by atoms with van der Waals surface area (Å²) in [5, 5.41) is 6.50. The number of benzene rings is 2. The average Bonchev–Trinajstić information content (AvgIpc) is 2.74. The van der Waals surface area contributed by atoms with Crippen LogP contribution in [0.15, 0.2) is 52.0 Å². The molecule has 2 N–H and O–H groups in total. The molecule has 2 aromatic rings. The van der Waals surface area contributed by atoms with Crippen molar-refractivity contribution in [2.24, 2.45) is 5.10 Å². The highest BCUT2D eigenvalue weighted by Crippen LogP contribution is 2.36. The molecule has 0 unspecified atom stereocenters. The molecule has 0 aliphatic carbocycles. The molecule has 0 bridgehead atoms. The summed E-state index contributed by atoms with van der Waals surface area (Å²) in [5.41, 5.74) is 3.51. The molecule has 0 heterocycles. The van der Waals surface area contributed by atoms with Gasteiger partial charge in [0.05, 0.1) is 23.9 Å². The zero-order valence-electron chi connectivity index (χ0n) is 17.7. The molecule has 0 saturated heterocycles. The van der Waals surface area contributed by atoms with Gasteiger partial charge in [-0.25, -0.2) is 10.2 Å². The van der Waals surface area contributed by atoms with E-state index in [2.05, 4.69) is 31.8 Å². The number of hydrogen-bond donors (Lipinski definition) is 2. The van der Waals surface area contributed by atoms with Crippen molar-refractivity contribution >= 4 is 45.6 Å². The minimum absolute atomic E-state index is 0.261. The van der Waals surface area contributed by atoms with Crippen LogP contribution in [0, 0.1) is 0 Å². The number of esters is 1. The first-order chi connectivity index (χ1) is 15.4. The van der Waals surface area contributed by atoms with E-state index in [0.29, 0.717) is 33.8 Å². The first-order valence-electron chi connectivity index (χ1n) is 9.84. The Bertz CT molecular complexity index is 966. The molecule has 0 aliphatic heterocycles. The van der Waals surface area contributed by atoms with E-state index in [9.17, 15) is 14.4 Å². The molecule has 0 radical (unpaired) electrons. The SMILES string of the molecule is CCOC(=O)COc1c(Br)cc(C=NNC(=O)CC(=O)Nc2ccccc2)cc1OCC. The first-order valence-corrected chi connectivity index (χ1v) is 10.6. The molecule has 32 heavy (non-hydrogen) atoms. The van der Waals surface area contributed by atoms with Crippen LogP contribution in [0.1, 0.15) is 25.8 Å². The van der Waals surface area contributed by atoms with Crippen LogP contribution in [-0.2, 0) is 19.1 Å². The Morgan fingerprint density at radius 3 is 2.47 bits per heavy atom. The molecule has 0 aliphatic rings. The molecule has 10 heteroatoms. The van der Waals surface area contributed by atoms with Gasteiger partial charge in [0.25, 0.3) is 0 Å². The molecule has 0 spiro atoms. The van der Waals surface area contributed by atoms with E-state index in [1.807, 2.05) is 13.0 Å². The minimum atomic E-state index is -0.562. The topological polar surface area (TPSA) is 115 Å². The number of carbonyl (C=O) groups is 3. The van der Waals surface area contributed by atoms with E-state index in [0.717, 1.165) is 0 Å². The third-order valence-electron chi connectivity index (χ3n) is 3.75. The van der Waals surface area contributed by atoms with Gasteiger partial charge in [0.15, 0.2) is 18.1 Å². The second-order valence-electron chi connectivity index (χ2n) is 6.24. The molecule has 0 aromatic heterocycles. The summed E-state index contributed by atoms with van der Waals surface area (Å²) in [6.07, 6.45) is 1.02. The van der Waals surface area contributed by atoms with Crippen LogP contribution in [0.5, 0.6) is 11.5 Å². The molecule has 0 atom stereocenters. The van der Waals surface area contributed by atoms with Crippen molar-refractivity contribution in [1.82, 2.24) is 5.43 Å². The predicted molar refractivity (Wildman–Crippen MR) is 123 cm³/mol. The molecule has 2 aromatic carbocycles. The fourth-order valence-electron chi connectivity index (χ4n) is 2.49. The Hall–Kier alpha value is -3.40. The second-order valence-corrected chi connectivity index (χ2v) is 7.10. The molecular formula is C22H24BrN3O6. The van der Waals surface area contributed by atoms with Gasteiger partial charge in [-0.05, 0) is 59.6 Å². The van der Waals surface area contributed by atoms with Crippen LogP contribution in [0.2, 0.25) is 0 Å². The zero-order chi connectivity index (χ0) is 23.3. The van der Waals surface area contributed by atoms with Crippen molar-refractivity contribution in [3.63, 3.8) is 0 Å². The summed E-state index contributed by atoms with van der Waals surface area (Å²) in [7, 11) is 0. The maximum absolute atomic E-state index is 11.9. The van der Waals surface area contributed by atoms with Crippen LogP contribution >= 0.6 is 15.9 Å². The fourth-order valence-corrected chi connectivity index (χ4v) is 3.06. The van der Waals surface area contributed by atoms with Crippen LogP contribution < -0.4 is 20.2 Å². The van der Waals surface area contributed by atoms with E-state index in [1.54, 1.807) is 43.3 Å².